The highest BCUT2D eigenvalue weighted by atomic mass is 16.6. The summed E-state index contributed by atoms with van der Waals surface area (Å²) < 4.78 is 10.1. The lowest BCUT2D eigenvalue weighted by Gasteiger charge is -2.19. The zero-order valence-electron chi connectivity index (χ0n) is 14.0. The SMILES string of the molecule is Cc1nc2ccc(C(=O)OCC(=O)OC(C)(C)C)cc2nc1C. The molecule has 0 radical (unpaired) electrons. The second-order valence-electron chi connectivity index (χ2n) is 6.26. The molecule has 0 spiro atoms. The highest BCUT2D eigenvalue weighted by Crippen LogP contribution is 2.15. The maximum absolute atomic E-state index is 12.0. The second-order valence-corrected chi connectivity index (χ2v) is 6.26. The van der Waals surface area contributed by atoms with E-state index in [1.807, 2.05) is 13.8 Å². The topological polar surface area (TPSA) is 78.4 Å². The normalized spacial score (nSPS) is 11.3. The van der Waals surface area contributed by atoms with Crippen LogP contribution in [0.3, 0.4) is 0 Å². The average Bonchev–Trinajstić information content (AvgIpc) is 2.43. The summed E-state index contributed by atoms with van der Waals surface area (Å²) in [6.45, 7) is 8.56. The fourth-order valence-electron chi connectivity index (χ4n) is 1.94. The average molecular weight is 316 g/mol. The molecule has 2 rings (SSSR count). The van der Waals surface area contributed by atoms with E-state index in [-0.39, 0.29) is 0 Å². The first kappa shape index (κ1) is 16.9. The molecule has 0 bridgehead atoms. The van der Waals surface area contributed by atoms with E-state index in [1.165, 1.54) is 0 Å². The van der Waals surface area contributed by atoms with E-state index in [4.69, 9.17) is 9.47 Å². The van der Waals surface area contributed by atoms with Gasteiger partial charge in [-0.3, -0.25) is 0 Å². The Hall–Kier alpha value is -2.50. The van der Waals surface area contributed by atoms with E-state index in [2.05, 4.69) is 9.97 Å². The summed E-state index contributed by atoms with van der Waals surface area (Å²) in [5.74, 6) is -1.18. The van der Waals surface area contributed by atoms with E-state index >= 15 is 0 Å². The van der Waals surface area contributed by atoms with E-state index < -0.39 is 24.1 Å². The third-order valence-corrected chi connectivity index (χ3v) is 3.05. The number of fused-ring (bicyclic) bond motifs is 1. The van der Waals surface area contributed by atoms with Gasteiger partial charge in [-0.15, -0.1) is 0 Å². The molecule has 0 fully saturated rings. The summed E-state index contributed by atoms with van der Waals surface area (Å²) in [4.78, 5) is 32.4. The van der Waals surface area contributed by atoms with Gasteiger partial charge in [0.25, 0.3) is 0 Å². The lowest BCUT2D eigenvalue weighted by molar-refractivity contribution is -0.158. The molecule has 1 heterocycles. The fraction of sp³-hybridized carbons (Fsp3) is 0.412. The van der Waals surface area contributed by atoms with Crippen LogP contribution in [0.2, 0.25) is 0 Å². The van der Waals surface area contributed by atoms with Crippen LogP contribution in [0, 0.1) is 13.8 Å². The number of hydrogen-bond donors (Lipinski definition) is 0. The number of carbonyl (C=O) groups is 2. The zero-order valence-corrected chi connectivity index (χ0v) is 14.0. The van der Waals surface area contributed by atoms with Crippen LogP contribution in [0.4, 0.5) is 0 Å². The first-order valence-electron chi connectivity index (χ1n) is 7.30. The number of carbonyl (C=O) groups excluding carboxylic acids is 2. The van der Waals surface area contributed by atoms with Gasteiger partial charge in [0.1, 0.15) is 5.60 Å². The van der Waals surface area contributed by atoms with Crippen molar-refractivity contribution in [2.45, 2.75) is 40.2 Å². The minimum absolute atomic E-state index is 0.318. The van der Waals surface area contributed by atoms with Crippen LogP contribution in [-0.4, -0.2) is 34.1 Å². The van der Waals surface area contributed by atoms with Gasteiger partial charge >= 0.3 is 11.9 Å². The molecule has 6 nitrogen and oxygen atoms in total. The van der Waals surface area contributed by atoms with Crippen molar-refractivity contribution >= 4 is 23.0 Å². The van der Waals surface area contributed by atoms with E-state index in [0.717, 1.165) is 11.4 Å². The number of aromatic nitrogens is 2. The Morgan fingerprint density at radius 3 is 2.26 bits per heavy atom. The van der Waals surface area contributed by atoms with Crippen LogP contribution < -0.4 is 0 Å². The van der Waals surface area contributed by atoms with Crippen molar-refractivity contribution in [3.63, 3.8) is 0 Å². The van der Waals surface area contributed by atoms with Crippen LogP contribution in [0.25, 0.3) is 11.0 Å². The molecule has 0 unspecified atom stereocenters. The highest BCUT2D eigenvalue weighted by molar-refractivity contribution is 5.94. The monoisotopic (exact) mass is 316 g/mol. The molecule has 1 aromatic carbocycles. The number of hydrogen-bond acceptors (Lipinski definition) is 6. The Balaban J connectivity index is 2.09. The molecular formula is C17H20N2O4. The molecular weight excluding hydrogens is 296 g/mol. The van der Waals surface area contributed by atoms with Gasteiger partial charge in [0, 0.05) is 0 Å². The maximum atomic E-state index is 12.0. The van der Waals surface area contributed by atoms with Crippen LogP contribution >= 0.6 is 0 Å². The fourth-order valence-corrected chi connectivity index (χ4v) is 1.94. The lowest BCUT2D eigenvalue weighted by Crippen LogP contribution is -2.27. The Labute approximate surface area is 134 Å². The third-order valence-electron chi connectivity index (χ3n) is 3.05. The summed E-state index contributed by atoms with van der Waals surface area (Å²) in [6.07, 6.45) is 0. The molecule has 122 valence electrons. The number of ether oxygens (including phenoxy) is 2. The number of benzene rings is 1. The number of rotatable bonds is 3. The summed E-state index contributed by atoms with van der Waals surface area (Å²) in [7, 11) is 0. The van der Waals surface area contributed by atoms with E-state index in [1.54, 1.807) is 39.0 Å². The van der Waals surface area contributed by atoms with Gasteiger partial charge in [0.15, 0.2) is 6.61 Å². The minimum Gasteiger partial charge on any atom is -0.457 e. The molecule has 2 aromatic rings. The van der Waals surface area contributed by atoms with Gasteiger partial charge in [-0.05, 0) is 52.8 Å². The molecule has 0 saturated carbocycles. The van der Waals surface area contributed by atoms with Crippen LogP contribution in [0.5, 0.6) is 0 Å². The van der Waals surface area contributed by atoms with Crippen molar-refractivity contribution in [3.8, 4) is 0 Å². The predicted octanol–water partition coefficient (Wildman–Crippen LogP) is 2.75. The molecule has 0 atom stereocenters. The Morgan fingerprint density at radius 2 is 1.65 bits per heavy atom. The van der Waals surface area contributed by atoms with Gasteiger partial charge in [0.05, 0.1) is 28.0 Å². The first-order chi connectivity index (χ1) is 10.7. The molecule has 0 N–H and O–H groups in total. The lowest BCUT2D eigenvalue weighted by atomic mass is 10.2. The summed E-state index contributed by atoms with van der Waals surface area (Å²) >= 11 is 0. The van der Waals surface area contributed by atoms with Crippen molar-refractivity contribution in [1.82, 2.24) is 9.97 Å². The second kappa shape index (κ2) is 6.32. The van der Waals surface area contributed by atoms with Crippen molar-refractivity contribution in [2.24, 2.45) is 0 Å². The standard InChI is InChI=1S/C17H20N2O4/c1-10-11(2)19-14-8-12(6-7-13(14)18-10)16(21)22-9-15(20)23-17(3,4)5/h6-8H,9H2,1-5H3. The molecule has 0 aliphatic carbocycles. The van der Waals surface area contributed by atoms with Crippen molar-refractivity contribution in [2.75, 3.05) is 6.61 Å². The van der Waals surface area contributed by atoms with Crippen LogP contribution in [0.1, 0.15) is 42.5 Å². The first-order valence-corrected chi connectivity index (χ1v) is 7.30. The molecule has 0 saturated heterocycles. The van der Waals surface area contributed by atoms with Gasteiger partial charge in [-0.25, -0.2) is 19.6 Å². The Morgan fingerprint density at radius 1 is 1.04 bits per heavy atom. The predicted molar refractivity (Wildman–Crippen MR) is 85.1 cm³/mol. The maximum Gasteiger partial charge on any atom is 0.344 e. The van der Waals surface area contributed by atoms with Gasteiger partial charge in [0.2, 0.25) is 0 Å². The van der Waals surface area contributed by atoms with Crippen LogP contribution in [-0.2, 0) is 14.3 Å². The quantitative estimate of drug-likeness (QED) is 0.810. The molecule has 0 aliphatic rings. The Bertz CT molecular complexity index is 763. The van der Waals surface area contributed by atoms with Crippen LogP contribution in [0.15, 0.2) is 18.2 Å². The van der Waals surface area contributed by atoms with Crippen molar-refractivity contribution in [3.05, 3.63) is 35.2 Å². The third kappa shape index (κ3) is 4.48. The smallest absolute Gasteiger partial charge is 0.344 e. The number of esters is 2. The minimum atomic E-state index is -0.614. The summed E-state index contributed by atoms with van der Waals surface area (Å²) in [5, 5.41) is 0. The van der Waals surface area contributed by atoms with Gasteiger partial charge < -0.3 is 9.47 Å². The highest BCUT2D eigenvalue weighted by Gasteiger charge is 2.18. The summed E-state index contributed by atoms with van der Waals surface area (Å²) in [6, 6.07) is 4.91. The molecule has 6 heteroatoms. The number of nitrogens with zero attached hydrogens (tertiary/aromatic N) is 2. The molecule has 1 aromatic heterocycles. The summed E-state index contributed by atoms with van der Waals surface area (Å²) in [5.41, 5.74) is 2.67. The van der Waals surface area contributed by atoms with E-state index in [0.29, 0.717) is 16.6 Å². The molecule has 0 aliphatic heterocycles. The number of aryl methyl sites for hydroxylation is 2. The van der Waals surface area contributed by atoms with Gasteiger partial charge in [-0.2, -0.15) is 0 Å². The largest absolute Gasteiger partial charge is 0.457 e. The Kier molecular flexibility index (Phi) is 4.63. The molecule has 23 heavy (non-hydrogen) atoms. The van der Waals surface area contributed by atoms with Crippen molar-refractivity contribution in [1.29, 1.82) is 0 Å². The van der Waals surface area contributed by atoms with Gasteiger partial charge in [-0.1, -0.05) is 0 Å². The molecule has 0 amide bonds. The zero-order chi connectivity index (χ0) is 17.2. The van der Waals surface area contributed by atoms with E-state index in [9.17, 15) is 9.59 Å². The van der Waals surface area contributed by atoms with Crippen molar-refractivity contribution < 1.29 is 19.1 Å².